The van der Waals surface area contributed by atoms with Crippen LogP contribution in [-0.2, 0) is 10.3 Å². The molecule has 0 spiro atoms. The van der Waals surface area contributed by atoms with Crippen LogP contribution >= 0.6 is 0 Å². The van der Waals surface area contributed by atoms with E-state index in [-0.39, 0.29) is 0 Å². The van der Waals surface area contributed by atoms with Crippen molar-refractivity contribution in [3.63, 3.8) is 0 Å². The third kappa shape index (κ3) is 3.71. The number of ether oxygens (including phenoxy) is 1. The number of aliphatic hydroxyl groups is 1. The third-order valence-corrected chi connectivity index (χ3v) is 6.43. The molecule has 0 heterocycles. The molecule has 0 saturated heterocycles. The quantitative estimate of drug-likeness (QED) is 0.595. The van der Waals surface area contributed by atoms with E-state index in [9.17, 15) is 18.3 Å². The highest BCUT2D eigenvalue weighted by molar-refractivity contribution is 5.89. The molecule has 1 aliphatic carbocycles. The first-order valence-corrected chi connectivity index (χ1v) is 9.99. The predicted octanol–water partition coefficient (Wildman–Crippen LogP) is 6.75. The molecule has 0 amide bonds. The van der Waals surface area contributed by atoms with Crippen molar-refractivity contribution in [1.29, 1.82) is 0 Å². The van der Waals surface area contributed by atoms with Gasteiger partial charge in [0.15, 0.2) is 5.60 Å². The molecule has 0 bridgehead atoms. The summed E-state index contributed by atoms with van der Waals surface area (Å²) in [5, 5.41) is 12.4. The molecule has 3 rings (SSSR count). The van der Waals surface area contributed by atoms with Crippen LogP contribution in [0.3, 0.4) is 0 Å². The van der Waals surface area contributed by atoms with Gasteiger partial charge < -0.3 is 9.84 Å². The number of allylic oxidation sites excluding steroid dienone is 1. The van der Waals surface area contributed by atoms with E-state index >= 15 is 0 Å². The lowest BCUT2D eigenvalue weighted by atomic mass is 9.81. The van der Waals surface area contributed by atoms with Crippen LogP contribution in [0.2, 0.25) is 0 Å². The average Bonchev–Trinajstić information content (AvgIpc) is 3.08. The fraction of sp³-hybridized carbons (Fsp3) is 0.500. The molecule has 2 aromatic rings. The van der Waals surface area contributed by atoms with Gasteiger partial charge in [0, 0.05) is 0 Å². The first-order chi connectivity index (χ1) is 13.3. The third-order valence-electron chi connectivity index (χ3n) is 6.43. The topological polar surface area (TPSA) is 29.5 Å². The minimum Gasteiger partial charge on any atom is -0.378 e. The molecular formula is C24H29F3O2. The molecule has 1 aliphatic rings. The van der Waals surface area contributed by atoms with Crippen LogP contribution in [0.15, 0.2) is 43.0 Å². The molecule has 0 aromatic heterocycles. The summed E-state index contributed by atoms with van der Waals surface area (Å²) in [5.41, 5.74) is -3.03. The van der Waals surface area contributed by atoms with Crippen molar-refractivity contribution in [2.45, 2.75) is 76.4 Å². The van der Waals surface area contributed by atoms with Crippen molar-refractivity contribution in [2.75, 3.05) is 0 Å². The van der Waals surface area contributed by atoms with Gasteiger partial charge in [-0.05, 0) is 74.6 Å². The summed E-state index contributed by atoms with van der Waals surface area (Å²) >= 11 is 0. The van der Waals surface area contributed by atoms with Crippen LogP contribution in [0, 0.1) is 0 Å². The summed E-state index contributed by atoms with van der Waals surface area (Å²) < 4.78 is 47.1. The molecule has 5 heteroatoms. The van der Waals surface area contributed by atoms with Gasteiger partial charge in [-0.2, -0.15) is 13.2 Å². The monoisotopic (exact) mass is 406 g/mol. The van der Waals surface area contributed by atoms with Crippen LogP contribution in [-0.4, -0.2) is 22.5 Å². The van der Waals surface area contributed by atoms with Crippen molar-refractivity contribution in [3.8, 4) is 0 Å². The van der Waals surface area contributed by atoms with E-state index in [1.54, 1.807) is 0 Å². The zero-order valence-electron chi connectivity index (χ0n) is 17.5. The Morgan fingerprint density at radius 3 is 2.21 bits per heavy atom. The van der Waals surface area contributed by atoms with Gasteiger partial charge in [-0.1, -0.05) is 49.3 Å². The lowest BCUT2D eigenvalue weighted by Crippen LogP contribution is -2.61. The van der Waals surface area contributed by atoms with Gasteiger partial charge in [-0.3, -0.25) is 0 Å². The highest BCUT2D eigenvalue weighted by atomic mass is 19.4. The standard InChI is InChI=1S/C24H29F3O2/c1-16(2)18-14-17-10-6-7-11-19(17)20(15-18)23(12-8-9-13-23)29-21(3,4)22(5,28)24(25,26)27/h6-7,10-11,14-15,28H,1,8-9,12-13H2,2-5H3. The fourth-order valence-electron chi connectivity index (χ4n) is 4.24. The number of halogens is 3. The molecule has 0 aliphatic heterocycles. The summed E-state index contributed by atoms with van der Waals surface area (Å²) in [6, 6.07) is 11.9. The molecule has 2 aromatic carbocycles. The predicted molar refractivity (Wildman–Crippen MR) is 111 cm³/mol. The van der Waals surface area contributed by atoms with Crippen LogP contribution < -0.4 is 0 Å². The van der Waals surface area contributed by atoms with E-state index in [2.05, 4.69) is 6.58 Å². The first-order valence-electron chi connectivity index (χ1n) is 9.99. The Kier molecular flexibility index (Phi) is 5.38. The van der Waals surface area contributed by atoms with E-state index < -0.39 is 23.0 Å². The molecular weight excluding hydrogens is 377 g/mol. The molecule has 1 N–H and O–H groups in total. The lowest BCUT2D eigenvalue weighted by molar-refractivity contribution is -0.330. The molecule has 1 atom stereocenters. The Labute approximate surface area is 170 Å². The van der Waals surface area contributed by atoms with Gasteiger partial charge in [-0.15, -0.1) is 0 Å². The summed E-state index contributed by atoms with van der Waals surface area (Å²) in [6.45, 7) is 9.39. The minimum absolute atomic E-state index is 0.605. The van der Waals surface area contributed by atoms with Crippen molar-refractivity contribution in [2.24, 2.45) is 0 Å². The smallest absolute Gasteiger partial charge is 0.378 e. The van der Waals surface area contributed by atoms with Crippen molar-refractivity contribution < 1.29 is 23.0 Å². The molecule has 29 heavy (non-hydrogen) atoms. The second kappa shape index (κ2) is 7.13. The average molecular weight is 406 g/mol. The van der Waals surface area contributed by atoms with Gasteiger partial charge in [0.2, 0.25) is 0 Å². The van der Waals surface area contributed by atoms with Gasteiger partial charge in [-0.25, -0.2) is 0 Å². The molecule has 1 unspecified atom stereocenters. The molecule has 1 saturated carbocycles. The maximum absolute atomic E-state index is 13.6. The van der Waals surface area contributed by atoms with Crippen LogP contribution in [0.5, 0.6) is 0 Å². The number of hydrogen-bond donors (Lipinski definition) is 1. The van der Waals surface area contributed by atoms with Crippen molar-refractivity contribution in [1.82, 2.24) is 0 Å². The fourth-order valence-corrected chi connectivity index (χ4v) is 4.24. The van der Waals surface area contributed by atoms with E-state index in [0.717, 1.165) is 47.2 Å². The Bertz CT molecular complexity index is 919. The van der Waals surface area contributed by atoms with Crippen molar-refractivity contribution >= 4 is 16.3 Å². The van der Waals surface area contributed by atoms with Gasteiger partial charge >= 0.3 is 6.18 Å². The Morgan fingerprint density at radius 2 is 1.66 bits per heavy atom. The molecule has 1 fully saturated rings. The van der Waals surface area contributed by atoms with Gasteiger partial charge in [0.1, 0.15) is 5.60 Å². The van der Waals surface area contributed by atoms with Crippen LogP contribution in [0.4, 0.5) is 13.2 Å². The number of rotatable bonds is 5. The number of fused-ring (bicyclic) bond motifs is 1. The Hall–Kier alpha value is -1.85. The van der Waals surface area contributed by atoms with Crippen LogP contribution in [0.25, 0.3) is 16.3 Å². The summed E-state index contributed by atoms with van der Waals surface area (Å²) in [6.07, 6.45) is -1.88. The highest BCUT2D eigenvalue weighted by Gasteiger charge is 2.62. The number of hydrogen-bond acceptors (Lipinski definition) is 2. The van der Waals surface area contributed by atoms with Gasteiger partial charge in [0.05, 0.1) is 5.60 Å². The maximum atomic E-state index is 13.6. The minimum atomic E-state index is -4.81. The Balaban J connectivity index is 2.19. The number of benzene rings is 2. The summed E-state index contributed by atoms with van der Waals surface area (Å²) in [4.78, 5) is 0. The van der Waals surface area contributed by atoms with Crippen LogP contribution in [0.1, 0.15) is 64.5 Å². The SMILES string of the molecule is C=C(C)c1cc(C2(OC(C)(C)C(C)(O)C(F)(F)F)CCCC2)c2ccccc2c1. The highest BCUT2D eigenvalue weighted by Crippen LogP contribution is 2.51. The zero-order valence-corrected chi connectivity index (χ0v) is 17.5. The molecule has 0 radical (unpaired) electrons. The zero-order chi connectivity index (χ0) is 21.7. The van der Waals surface area contributed by atoms with E-state index in [0.29, 0.717) is 12.8 Å². The van der Waals surface area contributed by atoms with E-state index in [4.69, 9.17) is 4.74 Å². The van der Waals surface area contributed by atoms with Gasteiger partial charge in [0.25, 0.3) is 0 Å². The Morgan fingerprint density at radius 1 is 1.07 bits per heavy atom. The second-order valence-corrected chi connectivity index (χ2v) is 8.91. The normalized spacial score (nSPS) is 19.3. The summed E-state index contributed by atoms with van der Waals surface area (Å²) in [5.74, 6) is 0. The molecule has 2 nitrogen and oxygen atoms in total. The summed E-state index contributed by atoms with van der Waals surface area (Å²) in [7, 11) is 0. The second-order valence-electron chi connectivity index (χ2n) is 8.91. The first kappa shape index (κ1) is 21.8. The van der Waals surface area contributed by atoms with E-state index in [1.165, 1.54) is 13.8 Å². The maximum Gasteiger partial charge on any atom is 0.419 e. The van der Waals surface area contributed by atoms with E-state index in [1.807, 2.05) is 43.3 Å². The van der Waals surface area contributed by atoms with Crippen molar-refractivity contribution in [3.05, 3.63) is 54.1 Å². The largest absolute Gasteiger partial charge is 0.419 e. The molecule has 158 valence electrons. The number of alkyl halides is 3. The lowest BCUT2D eigenvalue weighted by Gasteiger charge is -2.47.